The zero-order valence-electron chi connectivity index (χ0n) is 32.9. The minimum absolute atomic E-state index is 0.0443. The number of piperidine rings is 2. The van der Waals surface area contributed by atoms with Crippen LogP contribution in [0.25, 0.3) is 10.9 Å². The van der Waals surface area contributed by atoms with E-state index in [2.05, 4.69) is 25.7 Å². The molecule has 60 heavy (non-hydrogen) atoms. The number of nitrogens with one attached hydrogen (secondary N) is 3. The molecule has 3 aromatic carbocycles. The molecule has 10 rings (SSSR count). The Hall–Kier alpha value is -5.55. The van der Waals surface area contributed by atoms with Gasteiger partial charge in [-0.25, -0.2) is 17.6 Å². The Morgan fingerprint density at radius 1 is 1.02 bits per heavy atom. The summed E-state index contributed by atoms with van der Waals surface area (Å²) in [5.74, 6) is -1.73. The molecule has 4 amide bonds. The van der Waals surface area contributed by atoms with E-state index in [1.54, 1.807) is 30.2 Å². The second-order valence-corrected chi connectivity index (χ2v) is 17.1. The highest BCUT2D eigenvalue weighted by atomic mass is 19.3. The molecule has 7 heterocycles. The van der Waals surface area contributed by atoms with Crippen LogP contribution in [0, 0.1) is 17.6 Å². The molecule has 4 aromatic rings. The number of benzene rings is 3. The van der Waals surface area contributed by atoms with Crippen LogP contribution in [0.15, 0.2) is 42.6 Å². The number of imide groups is 1. The van der Waals surface area contributed by atoms with E-state index in [-0.39, 0.29) is 72.8 Å². The van der Waals surface area contributed by atoms with Crippen LogP contribution in [0.1, 0.15) is 76.3 Å². The summed E-state index contributed by atoms with van der Waals surface area (Å²) in [5.41, 5.74) is 4.41. The summed E-state index contributed by atoms with van der Waals surface area (Å²) in [5, 5.41) is 13.3. The molecule has 2 unspecified atom stereocenters. The maximum atomic E-state index is 16.1. The van der Waals surface area contributed by atoms with Crippen molar-refractivity contribution in [2.75, 3.05) is 51.2 Å². The highest BCUT2D eigenvalue weighted by Crippen LogP contribution is 2.47. The summed E-state index contributed by atoms with van der Waals surface area (Å²) in [6.07, 6.45) is 0.651. The lowest BCUT2D eigenvalue weighted by Gasteiger charge is -2.44. The van der Waals surface area contributed by atoms with Crippen LogP contribution in [0.4, 0.5) is 23.2 Å². The maximum Gasteiger partial charge on any atom is 0.255 e. The van der Waals surface area contributed by atoms with Gasteiger partial charge in [0.25, 0.3) is 12.3 Å². The van der Waals surface area contributed by atoms with E-state index < -0.39 is 48.6 Å². The number of aromatic nitrogens is 2. The number of hydrogen-bond donors (Lipinski definition) is 3. The number of aromatic amines is 1. The first-order valence-corrected chi connectivity index (χ1v) is 20.6. The van der Waals surface area contributed by atoms with E-state index in [9.17, 15) is 28.0 Å². The van der Waals surface area contributed by atoms with Crippen molar-refractivity contribution in [3.8, 4) is 5.75 Å². The van der Waals surface area contributed by atoms with Gasteiger partial charge >= 0.3 is 0 Å². The van der Waals surface area contributed by atoms with Gasteiger partial charge in [-0.1, -0.05) is 12.1 Å². The molecule has 6 aliphatic heterocycles. The first-order chi connectivity index (χ1) is 28.9. The van der Waals surface area contributed by atoms with Gasteiger partial charge in [0.15, 0.2) is 0 Å². The molecule has 0 bridgehead atoms. The largest absolute Gasteiger partial charge is 0.493 e. The lowest BCUT2D eigenvalue weighted by atomic mass is 9.78. The predicted octanol–water partition coefficient (Wildman–Crippen LogP) is 4.32. The van der Waals surface area contributed by atoms with Crippen LogP contribution in [0.3, 0.4) is 0 Å². The Kier molecular flexibility index (Phi) is 9.57. The highest BCUT2D eigenvalue weighted by molar-refractivity contribution is 6.05. The van der Waals surface area contributed by atoms with Crippen LogP contribution in [0.2, 0.25) is 0 Å². The Labute approximate surface area is 342 Å². The van der Waals surface area contributed by atoms with E-state index in [4.69, 9.17) is 4.74 Å². The number of anilines is 1. The van der Waals surface area contributed by atoms with Crippen molar-refractivity contribution in [1.82, 2.24) is 35.1 Å². The number of halogens is 4. The van der Waals surface area contributed by atoms with Gasteiger partial charge in [0.2, 0.25) is 17.7 Å². The molecule has 3 saturated heterocycles. The highest BCUT2D eigenvalue weighted by Gasteiger charge is 2.45. The number of carbonyl (C=O) groups excluding carboxylic acids is 4. The molecule has 3 N–H and O–H groups in total. The monoisotopic (exact) mass is 828 g/mol. The molecule has 5 atom stereocenters. The SMILES string of the molecule is C[C@@H]1Cc2c(ccc3[nH]ncc23)[C@@H](c2c(F)cc(NC3CN(C(=O)CN4CCC5c6ccc7c(c6OC[C@H]5C4)CN(C4CCC(=O)NC4=O)C7=O)C3)cc2F)N1CC(F)F. The van der Waals surface area contributed by atoms with Crippen molar-refractivity contribution in [2.24, 2.45) is 5.92 Å². The third kappa shape index (κ3) is 6.56. The normalized spacial score (nSPS) is 25.7. The molecule has 6 aliphatic rings. The van der Waals surface area contributed by atoms with E-state index in [0.29, 0.717) is 56.1 Å². The van der Waals surface area contributed by atoms with E-state index in [0.717, 1.165) is 34.0 Å². The van der Waals surface area contributed by atoms with Crippen LogP contribution in [0.5, 0.6) is 5.75 Å². The number of hydrogen-bond acceptors (Lipinski definition) is 9. The van der Waals surface area contributed by atoms with Crippen LogP contribution < -0.4 is 15.4 Å². The van der Waals surface area contributed by atoms with Crippen molar-refractivity contribution in [1.29, 1.82) is 0 Å². The number of ether oxygens (including phenoxy) is 1. The minimum atomic E-state index is -2.70. The summed E-state index contributed by atoms with van der Waals surface area (Å²) < 4.78 is 66.2. The van der Waals surface area contributed by atoms with E-state index >= 15 is 8.78 Å². The average molecular weight is 829 g/mol. The molecule has 17 heteroatoms. The van der Waals surface area contributed by atoms with Crippen LogP contribution in [-0.2, 0) is 27.3 Å². The third-order valence-corrected chi connectivity index (χ3v) is 13.5. The Balaban J connectivity index is 0.760. The number of rotatable bonds is 8. The summed E-state index contributed by atoms with van der Waals surface area (Å²) in [4.78, 5) is 57.8. The molecular formula is C43H44F4N8O5. The second kappa shape index (κ2) is 14.9. The molecular weight excluding hydrogens is 785 g/mol. The Morgan fingerprint density at radius 3 is 2.57 bits per heavy atom. The fraction of sp³-hybridized carbons (Fsp3) is 0.465. The molecule has 314 valence electrons. The number of alkyl halides is 2. The van der Waals surface area contributed by atoms with Gasteiger partial charge < -0.3 is 19.9 Å². The van der Waals surface area contributed by atoms with Crippen LogP contribution >= 0.6 is 0 Å². The van der Waals surface area contributed by atoms with Crippen molar-refractivity contribution in [3.63, 3.8) is 0 Å². The lowest BCUT2D eigenvalue weighted by Crippen LogP contribution is -2.59. The van der Waals surface area contributed by atoms with Gasteiger partial charge in [-0.05, 0) is 79.6 Å². The molecule has 0 spiro atoms. The Morgan fingerprint density at radius 2 is 1.80 bits per heavy atom. The van der Waals surface area contributed by atoms with Gasteiger partial charge in [-0.3, -0.25) is 39.4 Å². The fourth-order valence-electron chi connectivity index (χ4n) is 10.5. The standard InChI is InChI=1S/C43H44F4N8O5/c1-21-10-29-26(4-5-34-30(29)13-48-51-34)40(54(21)18-36(46)47)39-32(44)11-23(12-33(39)45)49-24-15-53(16-24)38(57)19-52-9-8-25-22(14-52)20-60-41-27(25)2-3-28-31(41)17-55(43(28)59)35-6-7-37(56)50-42(35)58/h2-5,11-13,21-22,24-25,35-36,40,49H,6-10,14-20H2,1H3,(H,48,51)(H,50,56,58)/t21-,22-,25?,35?,40+/m1/s1. The number of nitrogens with zero attached hydrogens (tertiary/aromatic N) is 5. The van der Waals surface area contributed by atoms with Gasteiger partial charge in [0, 0.05) is 65.8 Å². The van der Waals surface area contributed by atoms with Crippen LogP contribution in [-0.4, -0.2) is 124 Å². The predicted molar refractivity (Wildman–Crippen MR) is 209 cm³/mol. The molecule has 0 aliphatic carbocycles. The molecule has 0 saturated carbocycles. The smallest absolute Gasteiger partial charge is 0.255 e. The average Bonchev–Trinajstić information content (AvgIpc) is 3.81. The molecule has 13 nitrogen and oxygen atoms in total. The quantitative estimate of drug-likeness (QED) is 0.175. The van der Waals surface area contributed by atoms with Crippen molar-refractivity contribution < 1.29 is 41.5 Å². The first kappa shape index (κ1) is 38.6. The molecule has 1 aromatic heterocycles. The zero-order chi connectivity index (χ0) is 41.6. The number of amides is 4. The van der Waals surface area contributed by atoms with Crippen molar-refractivity contribution in [2.45, 2.75) is 75.7 Å². The van der Waals surface area contributed by atoms with Crippen molar-refractivity contribution in [3.05, 3.63) is 87.6 Å². The van der Waals surface area contributed by atoms with E-state index in [1.165, 1.54) is 21.9 Å². The van der Waals surface area contributed by atoms with Gasteiger partial charge in [0.05, 0.1) is 50.0 Å². The number of carbonyl (C=O) groups is 4. The maximum absolute atomic E-state index is 16.1. The number of fused-ring (bicyclic) bond motifs is 8. The van der Waals surface area contributed by atoms with Gasteiger partial charge in [0.1, 0.15) is 23.4 Å². The first-order valence-electron chi connectivity index (χ1n) is 20.6. The fourth-order valence-corrected chi connectivity index (χ4v) is 10.5. The molecule has 3 fully saturated rings. The summed E-state index contributed by atoms with van der Waals surface area (Å²) in [6, 6.07) is 7.24. The molecule has 0 radical (unpaired) electrons. The lowest BCUT2D eigenvalue weighted by molar-refractivity contribution is -0.138. The van der Waals surface area contributed by atoms with Gasteiger partial charge in [-0.2, -0.15) is 5.10 Å². The van der Waals surface area contributed by atoms with Crippen molar-refractivity contribution >= 4 is 40.2 Å². The Bertz CT molecular complexity index is 2420. The third-order valence-electron chi connectivity index (χ3n) is 13.5. The van der Waals surface area contributed by atoms with E-state index in [1.807, 2.05) is 12.1 Å². The number of H-pyrrole nitrogens is 1. The number of likely N-dealkylation sites (tertiary alicyclic amines) is 2. The zero-order valence-corrected chi connectivity index (χ0v) is 32.9. The second-order valence-electron chi connectivity index (χ2n) is 17.1. The topological polar surface area (TPSA) is 143 Å². The van der Waals surface area contributed by atoms with Gasteiger partial charge in [-0.15, -0.1) is 0 Å². The summed E-state index contributed by atoms with van der Waals surface area (Å²) in [7, 11) is 0. The minimum Gasteiger partial charge on any atom is -0.493 e. The summed E-state index contributed by atoms with van der Waals surface area (Å²) in [6.45, 7) is 4.11. The summed E-state index contributed by atoms with van der Waals surface area (Å²) >= 11 is 0.